The molecule has 17 rings (SSSR count). The summed E-state index contributed by atoms with van der Waals surface area (Å²) >= 11 is 0. The molecule has 1 heteroatoms. The molecule has 0 aliphatic heterocycles. The zero-order chi connectivity index (χ0) is 51.5. The maximum absolute atomic E-state index is 6.16. The molecule has 0 amide bonds. The summed E-state index contributed by atoms with van der Waals surface area (Å²) in [6, 6.07) is 94.9. The van der Waals surface area contributed by atoms with Gasteiger partial charge in [-0.05, 0) is 152 Å². The Morgan fingerprint density at radius 2 is 0.731 bits per heavy atom. The van der Waals surface area contributed by atoms with E-state index in [2.05, 4.69) is 263 Å². The molecule has 0 saturated heterocycles. The highest BCUT2D eigenvalue weighted by atomic mass is 16.3. The average molecular weight is 993 g/mol. The van der Waals surface area contributed by atoms with Gasteiger partial charge in [-0.2, -0.15) is 0 Å². The first kappa shape index (κ1) is 43.9. The zero-order valence-corrected chi connectivity index (χ0v) is 43.5. The molecule has 0 radical (unpaired) electrons. The number of fused-ring (bicyclic) bond motifs is 23. The van der Waals surface area contributed by atoms with E-state index in [4.69, 9.17) is 4.42 Å². The Bertz CT molecular complexity index is 4440. The van der Waals surface area contributed by atoms with Gasteiger partial charge in [-0.3, -0.25) is 0 Å². The van der Waals surface area contributed by atoms with E-state index in [1.54, 1.807) is 0 Å². The van der Waals surface area contributed by atoms with E-state index in [1.807, 2.05) is 12.5 Å². The molecule has 0 bridgehead atoms. The molecule has 0 saturated carbocycles. The van der Waals surface area contributed by atoms with Crippen molar-refractivity contribution < 1.29 is 4.42 Å². The number of hydrogen-bond acceptors (Lipinski definition) is 1. The Labute approximate surface area is 455 Å². The number of rotatable bonds is 6. The maximum Gasteiger partial charge on any atom is 0.0984 e. The lowest BCUT2D eigenvalue weighted by Crippen LogP contribution is -2.26. The van der Waals surface area contributed by atoms with Crippen LogP contribution in [-0.2, 0) is 22.7 Å². The minimum absolute atomic E-state index is 0.0263. The summed E-state index contributed by atoms with van der Waals surface area (Å²) < 4.78 is 6.16. The van der Waals surface area contributed by atoms with Crippen LogP contribution in [0, 0.1) is 0 Å². The molecule has 1 aromatic heterocycles. The first-order valence-electron chi connectivity index (χ1n) is 27.7. The van der Waals surface area contributed by atoms with Gasteiger partial charge < -0.3 is 4.42 Å². The molecule has 2 unspecified atom stereocenters. The molecule has 0 fully saturated rings. The van der Waals surface area contributed by atoms with Gasteiger partial charge in [-0.15, -0.1) is 0 Å². The van der Waals surface area contributed by atoms with E-state index < -0.39 is 10.8 Å². The molecule has 5 aliphatic carbocycles. The largest absolute Gasteiger partial charge is 0.472 e. The second-order valence-electron chi connectivity index (χ2n) is 23.0. The molecule has 2 spiro atoms. The Balaban J connectivity index is 0.829. The molecule has 12 aromatic rings. The summed E-state index contributed by atoms with van der Waals surface area (Å²) in [6.07, 6.45) is 4.81. The fraction of sp³-hybridized carbons (Fsp3) is 0.0909. The van der Waals surface area contributed by atoms with Crippen LogP contribution in [0.1, 0.15) is 92.1 Å². The van der Waals surface area contributed by atoms with Gasteiger partial charge in [0, 0.05) is 22.5 Å². The first-order valence-corrected chi connectivity index (χ1v) is 27.7. The van der Waals surface area contributed by atoms with Crippen molar-refractivity contribution in [1.82, 2.24) is 0 Å². The average Bonchev–Trinajstić information content (AvgIpc) is 3.50. The Morgan fingerprint density at radius 1 is 0.295 bits per heavy atom. The molecule has 366 valence electrons. The van der Waals surface area contributed by atoms with Crippen molar-refractivity contribution in [1.29, 1.82) is 0 Å². The molecule has 78 heavy (non-hydrogen) atoms. The highest BCUT2D eigenvalue weighted by Gasteiger charge is 2.54. The molecular weight excluding hydrogens is 941 g/mol. The first-order chi connectivity index (χ1) is 38.4. The molecule has 2 atom stereocenters. The van der Waals surface area contributed by atoms with Gasteiger partial charge in [0.25, 0.3) is 0 Å². The minimum Gasteiger partial charge on any atom is -0.472 e. The topological polar surface area (TPSA) is 13.1 Å². The molecule has 5 aliphatic rings. The summed E-state index contributed by atoms with van der Waals surface area (Å²) in [5, 5.41) is 0. The van der Waals surface area contributed by atoms with E-state index in [1.165, 1.54) is 150 Å². The Hall–Kier alpha value is -9.30. The van der Waals surface area contributed by atoms with Crippen LogP contribution in [-0.4, -0.2) is 0 Å². The predicted octanol–water partition coefficient (Wildman–Crippen LogP) is 19.0. The van der Waals surface area contributed by atoms with Crippen molar-refractivity contribution in [2.45, 2.75) is 42.4 Å². The lowest BCUT2D eigenvalue weighted by atomic mass is 9.69. The standard InChI is InChI=1S/C77H52O/c1-75(2)69-30-16-24-53(49-17-4-3-5-18-49)74(69)61-40-35-50(42-70(61)75)48-33-31-47(32-34-48)41-62(52-37-39-60-57-22-9-14-28-67(57)77(72(60)44-52)68-29-15-10-23-58(68)63-45-78-46-73(63)77)51-36-38-59-56-21-8-13-27-66(56)76(71(59)43-51)64-25-11-6-19-54(64)55-20-7-12-26-65(55)76/h3-40,42-46,62H,41H2,1-2H3. The van der Waals surface area contributed by atoms with Crippen LogP contribution >= 0.6 is 0 Å². The van der Waals surface area contributed by atoms with Gasteiger partial charge in [-0.1, -0.05) is 257 Å². The summed E-state index contributed by atoms with van der Waals surface area (Å²) in [7, 11) is 0. The van der Waals surface area contributed by atoms with Crippen molar-refractivity contribution >= 4 is 0 Å². The van der Waals surface area contributed by atoms with Crippen molar-refractivity contribution in [2.24, 2.45) is 0 Å². The van der Waals surface area contributed by atoms with Crippen molar-refractivity contribution in [2.75, 3.05) is 0 Å². The monoisotopic (exact) mass is 992 g/mol. The van der Waals surface area contributed by atoms with Crippen LogP contribution in [0.15, 0.2) is 266 Å². The lowest BCUT2D eigenvalue weighted by Gasteiger charge is -2.32. The molecule has 1 nitrogen and oxygen atoms in total. The van der Waals surface area contributed by atoms with Gasteiger partial charge in [0.2, 0.25) is 0 Å². The SMILES string of the molecule is CC1(C)c2cc(-c3ccc(CC(c4ccc5c(c4)C4(c6ccccc6-c6ccccc64)c4ccccc4-5)c4ccc5c(c4)C4(c6ccccc6-c6cocc64)c4ccccc4-5)cc3)ccc2-c2c(-c3ccccc3)cccc21. The van der Waals surface area contributed by atoms with Gasteiger partial charge in [-0.25, -0.2) is 0 Å². The maximum atomic E-state index is 6.16. The predicted molar refractivity (Wildman–Crippen MR) is 318 cm³/mol. The zero-order valence-electron chi connectivity index (χ0n) is 43.5. The molecule has 11 aromatic carbocycles. The summed E-state index contributed by atoms with van der Waals surface area (Å²) in [5.74, 6) is 0.0263. The minimum atomic E-state index is -0.497. The summed E-state index contributed by atoms with van der Waals surface area (Å²) in [6.45, 7) is 4.78. The van der Waals surface area contributed by atoms with E-state index in [-0.39, 0.29) is 11.3 Å². The van der Waals surface area contributed by atoms with E-state index >= 15 is 0 Å². The second kappa shape index (κ2) is 15.9. The lowest BCUT2D eigenvalue weighted by molar-refractivity contribution is 0.558. The van der Waals surface area contributed by atoms with E-state index in [0.29, 0.717) is 0 Å². The van der Waals surface area contributed by atoms with Gasteiger partial charge in [0.1, 0.15) is 0 Å². The quantitative estimate of drug-likeness (QED) is 0.162. The van der Waals surface area contributed by atoms with Crippen LogP contribution in [0.2, 0.25) is 0 Å². The smallest absolute Gasteiger partial charge is 0.0984 e. The number of benzene rings is 11. The number of hydrogen-bond donors (Lipinski definition) is 0. The Morgan fingerprint density at radius 3 is 1.28 bits per heavy atom. The van der Waals surface area contributed by atoms with Crippen LogP contribution in [0.25, 0.3) is 77.9 Å². The van der Waals surface area contributed by atoms with Crippen LogP contribution in [0.5, 0.6) is 0 Å². The molecule has 1 heterocycles. The normalized spacial score (nSPS) is 16.6. The second-order valence-corrected chi connectivity index (χ2v) is 23.0. The van der Waals surface area contributed by atoms with Crippen molar-refractivity contribution in [3.05, 3.63) is 334 Å². The highest BCUT2D eigenvalue weighted by Crippen LogP contribution is 2.65. The Kier molecular flexibility index (Phi) is 8.94. The van der Waals surface area contributed by atoms with Crippen LogP contribution < -0.4 is 0 Å². The van der Waals surface area contributed by atoms with E-state index in [0.717, 1.165) is 6.42 Å². The van der Waals surface area contributed by atoms with Gasteiger partial charge in [0.15, 0.2) is 0 Å². The van der Waals surface area contributed by atoms with E-state index in [9.17, 15) is 0 Å². The van der Waals surface area contributed by atoms with Crippen LogP contribution in [0.4, 0.5) is 0 Å². The van der Waals surface area contributed by atoms with Crippen molar-refractivity contribution in [3.8, 4) is 77.9 Å². The third-order valence-corrected chi connectivity index (χ3v) is 19.1. The summed E-state index contributed by atoms with van der Waals surface area (Å²) in [4.78, 5) is 0. The van der Waals surface area contributed by atoms with Gasteiger partial charge in [0.05, 0.1) is 23.4 Å². The third-order valence-electron chi connectivity index (χ3n) is 19.1. The molecular formula is C77H52O. The summed E-state index contributed by atoms with van der Waals surface area (Å²) in [5.41, 5.74) is 34.4. The van der Waals surface area contributed by atoms with Gasteiger partial charge >= 0.3 is 0 Å². The fourth-order valence-corrected chi connectivity index (χ4v) is 15.7. The van der Waals surface area contributed by atoms with Crippen molar-refractivity contribution in [3.63, 3.8) is 0 Å². The molecule has 0 N–H and O–H groups in total. The highest BCUT2D eigenvalue weighted by molar-refractivity contribution is 5.98. The van der Waals surface area contributed by atoms with Crippen LogP contribution in [0.3, 0.4) is 0 Å². The fourth-order valence-electron chi connectivity index (χ4n) is 15.7. The third kappa shape index (κ3) is 5.60. The number of furan rings is 1.